The third-order valence-corrected chi connectivity index (χ3v) is 7.91. The Hall–Kier alpha value is -3.71. The number of amides is 3. The third kappa shape index (κ3) is 8.02. The van der Waals surface area contributed by atoms with Gasteiger partial charge < -0.3 is 39.2 Å². The van der Waals surface area contributed by atoms with Crippen molar-refractivity contribution in [2.75, 3.05) is 72.7 Å². The quantitative estimate of drug-likeness (QED) is 0.506. The van der Waals surface area contributed by atoms with Gasteiger partial charge in [-0.2, -0.15) is 0 Å². The van der Waals surface area contributed by atoms with Gasteiger partial charge in [0.25, 0.3) is 5.91 Å². The van der Waals surface area contributed by atoms with E-state index in [1.54, 1.807) is 18.2 Å². The summed E-state index contributed by atoms with van der Waals surface area (Å²) in [6, 6.07) is 12.0. The van der Waals surface area contributed by atoms with Crippen LogP contribution in [0.5, 0.6) is 17.2 Å². The molecule has 0 radical (unpaired) electrons. The minimum absolute atomic E-state index is 0.0404. The first-order valence-electron chi connectivity index (χ1n) is 14.8. The molecule has 232 valence electrons. The number of aliphatic hydroxyl groups excluding tert-OH is 1. The zero-order chi connectivity index (χ0) is 30.2. The van der Waals surface area contributed by atoms with E-state index < -0.39 is 6.04 Å². The van der Waals surface area contributed by atoms with Crippen molar-refractivity contribution in [2.24, 2.45) is 0 Å². The molecule has 2 aromatic rings. The Morgan fingerprint density at radius 3 is 2.74 bits per heavy atom. The normalized spacial score (nSPS) is 21.9. The van der Waals surface area contributed by atoms with Gasteiger partial charge in [0.05, 0.1) is 52.2 Å². The van der Waals surface area contributed by atoms with Crippen LogP contribution in [0.4, 0.5) is 0 Å². The number of nitrogens with zero attached hydrogens (tertiary/aromatic N) is 3. The lowest BCUT2D eigenvalue weighted by molar-refractivity contribution is -0.137. The van der Waals surface area contributed by atoms with Gasteiger partial charge in [0.2, 0.25) is 11.8 Å². The summed E-state index contributed by atoms with van der Waals surface area (Å²) in [4.78, 5) is 45.3. The standard InChI is InChI=1S/C31H40N4O8/c1-40-27-7-6-23-17-28(27)43-24-5-2-4-22(16-24)21-42-26-8-10-33(20-30(38)34-11-14-41-15-12-34)18-25(26)32-29(37)19-35(31(23)39)9-3-13-36/h2,4-7,16-17,25-26,36H,3,8-15,18-21H2,1H3,(H,32,37)/t25-,26-/m0/s1. The Morgan fingerprint density at radius 2 is 1.95 bits per heavy atom. The molecule has 0 aliphatic carbocycles. The number of morpholine rings is 1. The van der Waals surface area contributed by atoms with E-state index in [0.717, 1.165) is 5.56 Å². The van der Waals surface area contributed by atoms with Crippen LogP contribution >= 0.6 is 0 Å². The molecule has 0 aromatic heterocycles. The Labute approximate surface area is 251 Å². The van der Waals surface area contributed by atoms with Crippen LogP contribution in [0.1, 0.15) is 28.8 Å². The van der Waals surface area contributed by atoms with Crippen LogP contribution < -0.4 is 14.8 Å². The number of hydrogen-bond donors (Lipinski definition) is 2. The van der Waals surface area contributed by atoms with Crippen LogP contribution in [-0.4, -0.2) is 122 Å². The Kier molecular flexibility index (Phi) is 10.5. The molecular weight excluding hydrogens is 556 g/mol. The molecule has 3 amide bonds. The Balaban J connectivity index is 1.39. The Bertz CT molecular complexity index is 1280. The monoisotopic (exact) mass is 596 g/mol. The fourth-order valence-corrected chi connectivity index (χ4v) is 5.62. The molecule has 3 aliphatic heterocycles. The summed E-state index contributed by atoms with van der Waals surface area (Å²) in [5.41, 5.74) is 1.22. The fourth-order valence-electron chi connectivity index (χ4n) is 5.62. The lowest BCUT2D eigenvalue weighted by Crippen LogP contribution is -2.59. The number of rotatable bonds is 6. The van der Waals surface area contributed by atoms with E-state index in [9.17, 15) is 19.5 Å². The highest BCUT2D eigenvalue weighted by atomic mass is 16.5. The van der Waals surface area contributed by atoms with Crippen molar-refractivity contribution < 1.29 is 38.4 Å². The van der Waals surface area contributed by atoms with Gasteiger partial charge in [-0.1, -0.05) is 12.1 Å². The number of carbonyl (C=O) groups excluding carboxylic acids is 3. The maximum atomic E-state index is 13.6. The molecule has 3 aliphatic rings. The second-order valence-electron chi connectivity index (χ2n) is 11.0. The van der Waals surface area contributed by atoms with E-state index >= 15 is 0 Å². The minimum Gasteiger partial charge on any atom is -0.493 e. The van der Waals surface area contributed by atoms with Crippen molar-refractivity contribution in [1.29, 1.82) is 0 Å². The number of fused-ring (bicyclic) bond motifs is 5. The molecule has 0 spiro atoms. The number of nitrogens with one attached hydrogen (secondary N) is 1. The zero-order valence-electron chi connectivity index (χ0n) is 24.5. The van der Waals surface area contributed by atoms with E-state index in [2.05, 4.69) is 5.32 Å². The Morgan fingerprint density at radius 1 is 1.12 bits per heavy atom. The molecule has 12 heteroatoms. The smallest absolute Gasteiger partial charge is 0.254 e. The summed E-state index contributed by atoms with van der Waals surface area (Å²) < 4.78 is 23.4. The van der Waals surface area contributed by atoms with Crippen molar-refractivity contribution in [2.45, 2.75) is 31.6 Å². The number of methoxy groups -OCH3 is 1. The predicted octanol–water partition coefficient (Wildman–Crippen LogP) is 1.26. The first-order valence-corrected chi connectivity index (χ1v) is 14.8. The molecule has 2 N–H and O–H groups in total. The molecule has 4 bridgehead atoms. The van der Waals surface area contributed by atoms with Crippen molar-refractivity contribution in [3.63, 3.8) is 0 Å². The molecule has 2 atom stereocenters. The van der Waals surface area contributed by atoms with E-state index in [4.69, 9.17) is 18.9 Å². The molecule has 3 heterocycles. The van der Waals surface area contributed by atoms with E-state index in [1.165, 1.54) is 12.0 Å². The summed E-state index contributed by atoms with van der Waals surface area (Å²) in [6.45, 7) is 3.74. The molecule has 43 heavy (non-hydrogen) atoms. The van der Waals surface area contributed by atoms with E-state index in [1.807, 2.05) is 34.1 Å². The molecule has 5 rings (SSSR count). The minimum atomic E-state index is -0.395. The first-order chi connectivity index (χ1) is 20.9. The molecule has 0 saturated carbocycles. The maximum Gasteiger partial charge on any atom is 0.254 e. The van der Waals surface area contributed by atoms with Crippen LogP contribution in [0.25, 0.3) is 0 Å². The predicted molar refractivity (Wildman–Crippen MR) is 156 cm³/mol. The highest BCUT2D eigenvalue weighted by Crippen LogP contribution is 2.33. The second-order valence-corrected chi connectivity index (χ2v) is 11.0. The zero-order valence-corrected chi connectivity index (χ0v) is 24.5. The number of piperidine rings is 1. The van der Waals surface area contributed by atoms with Crippen molar-refractivity contribution >= 4 is 17.7 Å². The molecule has 2 aromatic carbocycles. The largest absolute Gasteiger partial charge is 0.493 e. The van der Waals surface area contributed by atoms with Gasteiger partial charge >= 0.3 is 0 Å². The van der Waals surface area contributed by atoms with Crippen molar-refractivity contribution in [3.05, 3.63) is 53.6 Å². The van der Waals surface area contributed by atoms with Gasteiger partial charge in [-0.25, -0.2) is 0 Å². The highest BCUT2D eigenvalue weighted by molar-refractivity contribution is 5.97. The van der Waals surface area contributed by atoms with Crippen LogP contribution in [0.2, 0.25) is 0 Å². The molecule has 2 saturated heterocycles. The fraction of sp³-hybridized carbons (Fsp3) is 0.516. The second kappa shape index (κ2) is 14.6. The molecule has 2 fully saturated rings. The van der Waals surface area contributed by atoms with Gasteiger partial charge in [-0.15, -0.1) is 0 Å². The average Bonchev–Trinajstić information content (AvgIpc) is 3.02. The number of aliphatic hydroxyl groups is 1. The van der Waals surface area contributed by atoms with Gasteiger partial charge in [-0.05, 0) is 48.7 Å². The summed E-state index contributed by atoms with van der Waals surface area (Å²) in [6.07, 6.45) is 0.635. The summed E-state index contributed by atoms with van der Waals surface area (Å²) >= 11 is 0. The number of carbonyl (C=O) groups is 3. The van der Waals surface area contributed by atoms with Crippen molar-refractivity contribution in [3.8, 4) is 17.2 Å². The highest BCUT2D eigenvalue weighted by Gasteiger charge is 2.34. The maximum absolute atomic E-state index is 13.6. The first kappa shape index (κ1) is 30.7. The van der Waals surface area contributed by atoms with Crippen LogP contribution in [-0.2, 0) is 25.7 Å². The number of likely N-dealkylation sites (tertiary alicyclic amines) is 1. The molecule has 12 nitrogen and oxygen atoms in total. The molecule has 0 unspecified atom stereocenters. The van der Waals surface area contributed by atoms with Crippen molar-refractivity contribution in [1.82, 2.24) is 20.0 Å². The van der Waals surface area contributed by atoms with E-state index in [0.29, 0.717) is 81.7 Å². The average molecular weight is 597 g/mol. The lowest BCUT2D eigenvalue weighted by Gasteiger charge is -2.39. The summed E-state index contributed by atoms with van der Waals surface area (Å²) in [5.74, 6) is 0.717. The van der Waals surface area contributed by atoms with Crippen LogP contribution in [0.3, 0.4) is 0 Å². The van der Waals surface area contributed by atoms with Gasteiger partial charge in [-0.3, -0.25) is 19.3 Å². The van der Waals surface area contributed by atoms with Crippen LogP contribution in [0.15, 0.2) is 42.5 Å². The number of benzene rings is 2. The number of hydrogen-bond acceptors (Lipinski definition) is 9. The number of ether oxygens (including phenoxy) is 4. The topological polar surface area (TPSA) is 130 Å². The lowest BCUT2D eigenvalue weighted by atomic mass is 10.0. The summed E-state index contributed by atoms with van der Waals surface area (Å²) in [5, 5.41) is 12.6. The third-order valence-electron chi connectivity index (χ3n) is 7.91. The van der Waals surface area contributed by atoms with Gasteiger partial charge in [0.1, 0.15) is 5.75 Å². The van der Waals surface area contributed by atoms with Gasteiger partial charge in [0.15, 0.2) is 11.5 Å². The van der Waals surface area contributed by atoms with E-state index in [-0.39, 0.29) is 50.1 Å². The SMILES string of the molecule is COc1ccc2cc1Oc1cccc(c1)CO[C@H]1CCN(CC(=O)N3CCOCC3)C[C@@H]1NC(=O)CN(CCCO)C2=O. The van der Waals surface area contributed by atoms with Gasteiger partial charge in [0, 0.05) is 44.9 Å². The van der Waals surface area contributed by atoms with Crippen LogP contribution in [0, 0.1) is 0 Å². The molecular formula is C31H40N4O8. The summed E-state index contributed by atoms with van der Waals surface area (Å²) in [7, 11) is 1.53.